The van der Waals surface area contributed by atoms with Crippen LogP contribution in [0.2, 0.25) is 0 Å². The van der Waals surface area contributed by atoms with Crippen LogP contribution in [0, 0.1) is 0 Å². The number of ether oxygens (including phenoxy) is 2. The van der Waals surface area contributed by atoms with Crippen molar-refractivity contribution in [1.29, 1.82) is 0 Å². The molecule has 0 bridgehead atoms. The van der Waals surface area contributed by atoms with Gasteiger partial charge in [0, 0.05) is 0 Å². The Hall–Kier alpha value is -1.70. The Labute approximate surface area is 90.8 Å². The minimum Gasteiger partial charge on any atom is -0.493 e. The molecule has 0 spiro atoms. The van der Waals surface area contributed by atoms with Crippen molar-refractivity contribution in [1.82, 2.24) is 0 Å². The Morgan fingerprint density at radius 3 is 2.33 bits per heavy atom. The van der Waals surface area contributed by atoms with E-state index < -0.39 is 0 Å². The molecule has 2 heteroatoms. The Kier molecular flexibility index (Phi) is 4.48. The first-order chi connectivity index (χ1) is 7.31. The van der Waals surface area contributed by atoms with Crippen molar-refractivity contribution in [3.8, 4) is 11.5 Å². The lowest BCUT2D eigenvalue weighted by Gasteiger charge is -2.07. The maximum atomic E-state index is 5.21. The molecular formula is C13H16O2. The summed E-state index contributed by atoms with van der Waals surface area (Å²) in [6.45, 7) is 1.99. The molecule has 0 fully saturated rings. The van der Waals surface area contributed by atoms with E-state index in [9.17, 15) is 0 Å². The number of methoxy groups -OCH3 is 2. The van der Waals surface area contributed by atoms with Crippen molar-refractivity contribution in [2.45, 2.75) is 6.92 Å². The van der Waals surface area contributed by atoms with Crippen LogP contribution in [-0.4, -0.2) is 14.2 Å². The minimum atomic E-state index is 0.750. The van der Waals surface area contributed by atoms with Gasteiger partial charge in [-0.05, 0) is 24.6 Å². The van der Waals surface area contributed by atoms with E-state index >= 15 is 0 Å². The minimum absolute atomic E-state index is 0.750. The number of hydrogen-bond donors (Lipinski definition) is 0. The van der Waals surface area contributed by atoms with E-state index in [4.69, 9.17) is 9.47 Å². The van der Waals surface area contributed by atoms with Gasteiger partial charge in [0.05, 0.1) is 14.2 Å². The summed E-state index contributed by atoms with van der Waals surface area (Å²) in [7, 11) is 3.27. The summed E-state index contributed by atoms with van der Waals surface area (Å²) in [5.41, 5.74) is 1.09. The summed E-state index contributed by atoms with van der Waals surface area (Å²) < 4.78 is 10.4. The third kappa shape index (κ3) is 3.17. The van der Waals surface area contributed by atoms with Crippen LogP contribution in [0.1, 0.15) is 12.5 Å². The van der Waals surface area contributed by atoms with Crippen LogP contribution >= 0.6 is 0 Å². The topological polar surface area (TPSA) is 18.5 Å². The first-order valence-electron chi connectivity index (χ1n) is 4.83. The monoisotopic (exact) mass is 204 g/mol. The molecule has 0 aliphatic heterocycles. The third-order valence-corrected chi connectivity index (χ3v) is 2.00. The van der Waals surface area contributed by atoms with Crippen molar-refractivity contribution in [3.05, 3.63) is 42.0 Å². The molecule has 1 rings (SSSR count). The van der Waals surface area contributed by atoms with E-state index in [2.05, 4.69) is 0 Å². The van der Waals surface area contributed by atoms with E-state index in [-0.39, 0.29) is 0 Å². The Morgan fingerprint density at radius 2 is 1.73 bits per heavy atom. The molecule has 1 aromatic carbocycles. The molecule has 0 heterocycles. The standard InChI is InChI=1S/C13H16O2/c1-4-5-6-7-11-8-9-12(14-2)13(10-11)15-3/h4-10H,1-3H3. The van der Waals surface area contributed by atoms with Crippen molar-refractivity contribution in [2.24, 2.45) is 0 Å². The summed E-state index contributed by atoms with van der Waals surface area (Å²) >= 11 is 0. The van der Waals surface area contributed by atoms with Crippen LogP contribution < -0.4 is 9.47 Å². The zero-order valence-corrected chi connectivity index (χ0v) is 9.36. The number of hydrogen-bond acceptors (Lipinski definition) is 2. The molecule has 0 aliphatic carbocycles. The number of benzene rings is 1. The van der Waals surface area contributed by atoms with Crippen LogP contribution in [0.25, 0.3) is 6.08 Å². The van der Waals surface area contributed by atoms with Gasteiger partial charge in [-0.1, -0.05) is 30.4 Å². The molecule has 2 nitrogen and oxygen atoms in total. The first kappa shape index (κ1) is 11.4. The molecule has 80 valence electrons. The van der Waals surface area contributed by atoms with E-state index in [1.54, 1.807) is 14.2 Å². The fourth-order valence-electron chi connectivity index (χ4n) is 1.23. The zero-order valence-electron chi connectivity index (χ0n) is 9.36. The fraction of sp³-hybridized carbons (Fsp3) is 0.231. The van der Waals surface area contributed by atoms with E-state index in [0.29, 0.717) is 0 Å². The molecule has 0 N–H and O–H groups in total. The molecule has 0 unspecified atom stereocenters. The van der Waals surface area contributed by atoms with E-state index in [1.165, 1.54) is 0 Å². The average molecular weight is 204 g/mol. The fourth-order valence-corrected chi connectivity index (χ4v) is 1.23. The molecule has 0 atom stereocenters. The highest BCUT2D eigenvalue weighted by Gasteiger charge is 2.01. The highest BCUT2D eigenvalue weighted by atomic mass is 16.5. The average Bonchev–Trinajstić information content (AvgIpc) is 2.29. The quantitative estimate of drug-likeness (QED) is 0.701. The van der Waals surface area contributed by atoms with Crippen LogP contribution in [0.15, 0.2) is 36.4 Å². The van der Waals surface area contributed by atoms with Gasteiger partial charge in [-0.15, -0.1) is 0 Å². The van der Waals surface area contributed by atoms with Gasteiger partial charge >= 0.3 is 0 Å². The molecule has 15 heavy (non-hydrogen) atoms. The lowest BCUT2D eigenvalue weighted by Crippen LogP contribution is -1.90. The lowest BCUT2D eigenvalue weighted by molar-refractivity contribution is 0.355. The van der Waals surface area contributed by atoms with Crippen molar-refractivity contribution < 1.29 is 9.47 Å². The van der Waals surface area contributed by atoms with Gasteiger partial charge < -0.3 is 9.47 Å². The molecule has 0 saturated carbocycles. The van der Waals surface area contributed by atoms with Crippen molar-refractivity contribution in [2.75, 3.05) is 14.2 Å². The summed E-state index contributed by atoms with van der Waals surface area (Å²) in [6, 6.07) is 5.83. The van der Waals surface area contributed by atoms with E-state index in [1.807, 2.05) is 49.4 Å². The smallest absolute Gasteiger partial charge is 0.161 e. The molecular weight excluding hydrogens is 188 g/mol. The van der Waals surface area contributed by atoms with Crippen LogP contribution in [-0.2, 0) is 0 Å². The van der Waals surface area contributed by atoms with E-state index in [0.717, 1.165) is 17.1 Å². The van der Waals surface area contributed by atoms with Crippen molar-refractivity contribution >= 4 is 6.08 Å². The third-order valence-electron chi connectivity index (χ3n) is 2.00. The van der Waals surface area contributed by atoms with Gasteiger partial charge in [-0.3, -0.25) is 0 Å². The number of allylic oxidation sites excluding steroid dienone is 3. The second-order valence-corrected chi connectivity index (χ2v) is 3.00. The van der Waals surface area contributed by atoms with Gasteiger partial charge in [-0.2, -0.15) is 0 Å². The van der Waals surface area contributed by atoms with Gasteiger partial charge in [-0.25, -0.2) is 0 Å². The predicted molar refractivity (Wildman–Crippen MR) is 63.4 cm³/mol. The second kappa shape index (κ2) is 5.91. The normalized spacial score (nSPS) is 11.1. The molecule has 0 saturated heterocycles. The summed E-state index contributed by atoms with van der Waals surface area (Å²) in [4.78, 5) is 0. The molecule has 0 aromatic heterocycles. The molecule has 0 radical (unpaired) electrons. The van der Waals surface area contributed by atoms with Crippen molar-refractivity contribution in [3.63, 3.8) is 0 Å². The second-order valence-electron chi connectivity index (χ2n) is 3.00. The zero-order chi connectivity index (χ0) is 11.1. The maximum Gasteiger partial charge on any atom is 0.161 e. The van der Waals surface area contributed by atoms with Gasteiger partial charge in [0.2, 0.25) is 0 Å². The van der Waals surface area contributed by atoms with Crippen LogP contribution in [0.5, 0.6) is 11.5 Å². The summed E-state index contributed by atoms with van der Waals surface area (Å²) in [6.07, 6.45) is 7.97. The summed E-state index contributed by atoms with van der Waals surface area (Å²) in [5.74, 6) is 1.50. The van der Waals surface area contributed by atoms with Crippen LogP contribution in [0.4, 0.5) is 0 Å². The Morgan fingerprint density at radius 1 is 1.00 bits per heavy atom. The Bertz CT molecular complexity index is 365. The molecule has 1 aromatic rings. The predicted octanol–water partition coefficient (Wildman–Crippen LogP) is 3.29. The maximum absolute atomic E-state index is 5.21. The van der Waals surface area contributed by atoms with Gasteiger partial charge in [0.25, 0.3) is 0 Å². The first-order valence-corrected chi connectivity index (χ1v) is 4.83. The highest BCUT2D eigenvalue weighted by molar-refractivity contribution is 5.56. The lowest BCUT2D eigenvalue weighted by atomic mass is 10.2. The highest BCUT2D eigenvalue weighted by Crippen LogP contribution is 2.27. The Balaban J connectivity index is 2.92. The summed E-state index contributed by atoms with van der Waals surface area (Å²) in [5, 5.41) is 0. The largest absolute Gasteiger partial charge is 0.493 e. The molecule has 0 aliphatic rings. The van der Waals surface area contributed by atoms with Crippen LogP contribution in [0.3, 0.4) is 0 Å². The molecule has 0 amide bonds. The van der Waals surface area contributed by atoms with Gasteiger partial charge in [0.1, 0.15) is 0 Å². The van der Waals surface area contributed by atoms with Gasteiger partial charge in [0.15, 0.2) is 11.5 Å². The number of rotatable bonds is 4. The SMILES string of the molecule is CC=CC=Cc1ccc(OC)c(OC)c1.